The largest absolute Gasteiger partial charge is 0.317 e. The molecule has 0 saturated carbocycles. The predicted octanol–water partition coefficient (Wildman–Crippen LogP) is 9.75. The summed E-state index contributed by atoms with van der Waals surface area (Å²) in [4.78, 5) is 5.17. The van der Waals surface area contributed by atoms with E-state index < -0.39 is 0 Å². The van der Waals surface area contributed by atoms with Gasteiger partial charge in [0.1, 0.15) is 6.17 Å². The van der Waals surface area contributed by atoms with Crippen LogP contribution in [0.1, 0.15) is 52.7 Å². The fourth-order valence-electron chi connectivity index (χ4n) is 6.58. The van der Waals surface area contributed by atoms with Gasteiger partial charge in [-0.2, -0.15) is 0 Å². The van der Waals surface area contributed by atoms with Gasteiger partial charge < -0.3 is 9.80 Å². The Kier molecular flexibility index (Phi) is 5.40. The highest BCUT2D eigenvalue weighted by molar-refractivity contribution is 5.94. The zero-order chi connectivity index (χ0) is 26.9. The van der Waals surface area contributed by atoms with Crippen LogP contribution < -0.4 is 9.80 Å². The lowest BCUT2D eigenvalue weighted by atomic mass is 9.58. The molecule has 0 amide bonds. The monoisotopic (exact) mass is 498 g/mol. The van der Waals surface area contributed by atoms with Crippen LogP contribution in [0, 0.1) is 5.41 Å². The van der Waals surface area contributed by atoms with Gasteiger partial charge in [-0.25, -0.2) is 0 Å². The van der Waals surface area contributed by atoms with Crippen molar-refractivity contribution in [3.63, 3.8) is 0 Å². The van der Waals surface area contributed by atoms with Crippen LogP contribution in [0.2, 0.25) is 0 Å². The van der Waals surface area contributed by atoms with E-state index in [1.807, 2.05) is 0 Å². The lowest BCUT2D eigenvalue weighted by Crippen LogP contribution is -2.60. The van der Waals surface area contributed by atoms with Gasteiger partial charge >= 0.3 is 0 Å². The minimum Gasteiger partial charge on any atom is -0.317 e. The summed E-state index contributed by atoms with van der Waals surface area (Å²) >= 11 is 0. The highest BCUT2D eigenvalue weighted by atomic mass is 15.4. The molecule has 0 aromatic heterocycles. The average molecular weight is 499 g/mol. The lowest BCUT2D eigenvalue weighted by molar-refractivity contribution is 0.171. The molecule has 4 aromatic carbocycles. The first-order chi connectivity index (χ1) is 18.1. The van der Waals surface area contributed by atoms with Gasteiger partial charge in [0, 0.05) is 22.1 Å². The van der Waals surface area contributed by atoms with Crippen LogP contribution in [0.4, 0.5) is 22.7 Å². The van der Waals surface area contributed by atoms with E-state index in [4.69, 9.17) is 0 Å². The van der Waals surface area contributed by atoms with Crippen molar-refractivity contribution >= 4 is 22.7 Å². The van der Waals surface area contributed by atoms with Crippen molar-refractivity contribution in [2.45, 2.75) is 58.5 Å². The summed E-state index contributed by atoms with van der Waals surface area (Å²) in [5.74, 6) is 0. The molecule has 2 nitrogen and oxygen atoms in total. The number of fused-ring (bicyclic) bond motifs is 5. The first-order valence-corrected chi connectivity index (χ1v) is 13.7. The molecule has 4 aromatic rings. The Morgan fingerprint density at radius 2 is 1.24 bits per heavy atom. The Hall–Kier alpha value is -3.78. The molecule has 2 aliphatic heterocycles. The van der Waals surface area contributed by atoms with Gasteiger partial charge in [0.25, 0.3) is 0 Å². The van der Waals surface area contributed by atoms with Gasteiger partial charge in [0.05, 0.1) is 17.1 Å². The van der Waals surface area contributed by atoms with Crippen LogP contribution in [0.25, 0.3) is 11.1 Å². The minimum absolute atomic E-state index is 0.0701. The molecular formula is C36H38N2. The van der Waals surface area contributed by atoms with E-state index in [2.05, 4.69) is 161 Å². The summed E-state index contributed by atoms with van der Waals surface area (Å²) in [6.07, 6.45) is 2.26. The molecule has 6 rings (SSSR count). The summed E-state index contributed by atoms with van der Waals surface area (Å²) in [6, 6.07) is 35.6. The first-order valence-electron chi connectivity index (χ1n) is 13.7. The zero-order valence-corrected chi connectivity index (χ0v) is 23.5. The molecule has 0 radical (unpaired) electrons. The van der Waals surface area contributed by atoms with Crippen LogP contribution in [-0.4, -0.2) is 6.17 Å². The van der Waals surface area contributed by atoms with Crippen molar-refractivity contribution in [1.82, 2.24) is 0 Å². The van der Waals surface area contributed by atoms with E-state index in [9.17, 15) is 0 Å². The third kappa shape index (κ3) is 3.32. The van der Waals surface area contributed by atoms with E-state index in [-0.39, 0.29) is 22.4 Å². The van der Waals surface area contributed by atoms with Gasteiger partial charge in [-0.15, -0.1) is 6.58 Å². The smallest absolute Gasteiger partial charge is 0.117 e. The Morgan fingerprint density at radius 1 is 0.684 bits per heavy atom. The summed E-state index contributed by atoms with van der Waals surface area (Å²) in [5, 5.41) is 0. The summed E-state index contributed by atoms with van der Waals surface area (Å²) in [7, 11) is 0. The maximum absolute atomic E-state index is 4.43. The van der Waals surface area contributed by atoms with Crippen LogP contribution in [0.3, 0.4) is 0 Å². The van der Waals surface area contributed by atoms with Crippen LogP contribution in [-0.2, 0) is 10.8 Å². The van der Waals surface area contributed by atoms with Crippen molar-refractivity contribution in [2.24, 2.45) is 5.41 Å². The Bertz CT molecular complexity index is 1520. The van der Waals surface area contributed by atoms with E-state index in [0.29, 0.717) is 0 Å². The fraction of sp³-hybridized carbons (Fsp3) is 0.278. The molecule has 0 spiro atoms. The van der Waals surface area contributed by atoms with Gasteiger partial charge in [-0.1, -0.05) is 120 Å². The van der Waals surface area contributed by atoms with Crippen molar-refractivity contribution in [3.05, 3.63) is 121 Å². The molecule has 0 N–H and O–H groups in total. The number of para-hydroxylation sites is 3. The molecule has 0 saturated heterocycles. The second-order valence-corrected chi connectivity index (χ2v) is 12.6. The van der Waals surface area contributed by atoms with Crippen LogP contribution >= 0.6 is 0 Å². The van der Waals surface area contributed by atoms with Crippen LogP contribution in [0.15, 0.2) is 110 Å². The summed E-state index contributed by atoms with van der Waals surface area (Å²) in [5.41, 5.74) is 9.84. The number of benzene rings is 4. The van der Waals surface area contributed by atoms with Crippen molar-refractivity contribution in [2.75, 3.05) is 9.80 Å². The van der Waals surface area contributed by atoms with Gasteiger partial charge in [-0.3, -0.25) is 0 Å². The molecule has 2 heteroatoms. The number of anilines is 4. The maximum Gasteiger partial charge on any atom is 0.117 e. The van der Waals surface area contributed by atoms with E-state index >= 15 is 0 Å². The summed E-state index contributed by atoms with van der Waals surface area (Å²) < 4.78 is 0. The predicted molar refractivity (Wildman–Crippen MR) is 163 cm³/mol. The number of hydrogen-bond acceptors (Lipinski definition) is 2. The standard InChI is InChI=1S/C36H38N2/c1-8-36(7)28-24-26(34(2,3)4)22-23-30(28)38-32-21-15-14-20-31(32)37(33(38)35(36,5)6)29-19-13-12-18-27(29)25-16-10-9-11-17-25/h8-24,33H,1H2,2-7H3. The number of hydrogen-bond donors (Lipinski definition) is 0. The molecule has 0 aliphatic carbocycles. The Balaban J connectivity index is 1.65. The third-order valence-corrected chi connectivity index (χ3v) is 9.21. The van der Waals surface area contributed by atoms with Crippen molar-refractivity contribution < 1.29 is 0 Å². The maximum atomic E-state index is 4.43. The van der Waals surface area contributed by atoms with Gasteiger partial charge in [-0.05, 0) is 46.4 Å². The van der Waals surface area contributed by atoms with Crippen molar-refractivity contribution in [3.8, 4) is 11.1 Å². The molecule has 38 heavy (non-hydrogen) atoms. The Morgan fingerprint density at radius 3 is 1.84 bits per heavy atom. The fourth-order valence-corrected chi connectivity index (χ4v) is 6.58. The average Bonchev–Trinajstić information content (AvgIpc) is 3.27. The topological polar surface area (TPSA) is 6.48 Å². The molecular weight excluding hydrogens is 460 g/mol. The van der Waals surface area contributed by atoms with E-state index in [0.717, 1.165) is 0 Å². The summed E-state index contributed by atoms with van der Waals surface area (Å²) in [6.45, 7) is 18.5. The molecule has 0 bridgehead atoms. The third-order valence-electron chi connectivity index (χ3n) is 9.21. The minimum atomic E-state index is -0.243. The highest BCUT2D eigenvalue weighted by Gasteiger charge is 2.58. The van der Waals surface area contributed by atoms with E-state index in [1.165, 1.54) is 45.0 Å². The lowest BCUT2D eigenvalue weighted by Gasteiger charge is -2.57. The number of allylic oxidation sites excluding steroid dienone is 1. The van der Waals surface area contributed by atoms with Crippen LogP contribution in [0.5, 0.6) is 0 Å². The molecule has 2 unspecified atom stereocenters. The van der Waals surface area contributed by atoms with Crippen molar-refractivity contribution in [1.29, 1.82) is 0 Å². The molecule has 2 atom stereocenters. The highest BCUT2D eigenvalue weighted by Crippen LogP contribution is 2.63. The van der Waals surface area contributed by atoms with Gasteiger partial charge in [0.2, 0.25) is 0 Å². The molecule has 2 aliphatic rings. The first kappa shape index (κ1) is 24.6. The molecule has 192 valence electrons. The quantitative estimate of drug-likeness (QED) is 0.259. The Labute approximate surface area is 228 Å². The molecule has 0 fully saturated rings. The second kappa shape index (κ2) is 8.36. The molecule has 2 heterocycles. The van der Waals surface area contributed by atoms with Gasteiger partial charge in [0.15, 0.2) is 0 Å². The second-order valence-electron chi connectivity index (χ2n) is 12.6. The zero-order valence-electron chi connectivity index (χ0n) is 23.5. The van der Waals surface area contributed by atoms with E-state index in [1.54, 1.807) is 0 Å². The number of rotatable bonds is 3. The SMILES string of the molecule is C=CC1(C)c2cc(C(C)(C)C)ccc2N2c3ccccc3N(c3ccccc3-c3ccccc3)C2C1(C)C. The normalized spacial score (nSPS) is 21.5. The number of nitrogens with zero attached hydrogens (tertiary/aromatic N) is 2.